The van der Waals surface area contributed by atoms with E-state index in [9.17, 15) is 0 Å². The maximum Gasteiger partial charge on any atom is 0.0983 e. The average Bonchev–Trinajstić information content (AvgIpc) is 2.93. The van der Waals surface area contributed by atoms with Gasteiger partial charge in [-0.2, -0.15) is 0 Å². The van der Waals surface area contributed by atoms with E-state index in [4.69, 9.17) is 4.98 Å². The second kappa shape index (κ2) is 4.70. The summed E-state index contributed by atoms with van der Waals surface area (Å²) in [5.74, 6) is 0. The Hall–Kier alpha value is -2.62. The van der Waals surface area contributed by atoms with Crippen molar-refractivity contribution in [2.45, 2.75) is 20.3 Å². The molecule has 0 bridgehead atoms. The van der Waals surface area contributed by atoms with Crippen molar-refractivity contribution in [1.29, 1.82) is 0 Å². The number of pyridine rings is 2. The zero-order valence-electron chi connectivity index (χ0n) is 12.8. The van der Waals surface area contributed by atoms with Gasteiger partial charge >= 0.3 is 0 Å². The molecular formula is C18H18N4. The van der Waals surface area contributed by atoms with Crippen molar-refractivity contribution >= 4 is 16.7 Å². The van der Waals surface area contributed by atoms with E-state index in [-0.39, 0.29) is 0 Å². The fourth-order valence-corrected chi connectivity index (χ4v) is 3.02. The molecule has 4 heteroatoms. The van der Waals surface area contributed by atoms with Gasteiger partial charge in [0.25, 0.3) is 0 Å². The molecule has 0 radical (unpaired) electrons. The molecule has 0 spiro atoms. The van der Waals surface area contributed by atoms with Crippen LogP contribution < -0.4 is 5.32 Å². The number of hydrogen-bond donors (Lipinski definition) is 2. The van der Waals surface area contributed by atoms with Gasteiger partial charge in [0, 0.05) is 53.1 Å². The third kappa shape index (κ3) is 1.91. The molecule has 4 heterocycles. The SMILES string of the molecule is C=C1NCCc2[nH]c(-c3ccnc4cc(C)c(C)nc34)cc21. The number of aryl methyl sites for hydroxylation is 2. The molecule has 0 saturated heterocycles. The van der Waals surface area contributed by atoms with E-state index in [0.29, 0.717) is 0 Å². The number of aromatic amines is 1. The quantitative estimate of drug-likeness (QED) is 0.722. The van der Waals surface area contributed by atoms with E-state index in [1.807, 2.05) is 19.2 Å². The summed E-state index contributed by atoms with van der Waals surface area (Å²) in [6, 6.07) is 6.29. The average molecular weight is 290 g/mol. The molecule has 1 aliphatic rings. The first kappa shape index (κ1) is 13.1. The third-order valence-corrected chi connectivity index (χ3v) is 4.38. The van der Waals surface area contributed by atoms with Crippen molar-refractivity contribution in [2.24, 2.45) is 0 Å². The summed E-state index contributed by atoms with van der Waals surface area (Å²) in [5.41, 5.74) is 9.68. The standard InChI is InChI=1S/C18H18N4/c1-10-8-17-18(21-11(10)2)13(4-6-20-17)16-9-14-12(3)19-7-5-15(14)22-16/h4,6,8-9,19,22H,3,5,7H2,1-2H3. The maximum atomic E-state index is 4.76. The number of nitrogens with one attached hydrogen (secondary N) is 2. The summed E-state index contributed by atoms with van der Waals surface area (Å²) < 4.78 is 0. The first-order valence-electron chi connectivity index (χ1n) is 7.52. The van der Waals surface area contributed by atoms with Crippen LogP contribution in [0.25, 0.3) is 28.0 Å². The summed E-state index contributed by atoms with van der Waals surface area (Å²) in [6.07, 6.45) is 2.84. The number of fused-ring (bicyclic) bond motifs is 2. The van der Waals surface area contributed by atoms with Crippen molar-refractivity contribution in [2.75, 3.05) is 6.54 Å². The highest BCUT2D eigenvalue weighted by atomic mass is 14.9. The minimum Gasteiger partial charge on any atom is -0.385 e. The molecule has 4 nitrogen and oxygen atoms in total. The van der Waals surface area contributed by atoms with Gasteiger partial charge in [0.05, 0.1) is 11.0 Å². The topological polar surface area (TPSA) is 53.6 Å². The first-order chi connectivity index (χ1) is 10.6. The Balaban J connectivity index is 1.95. The van der Waals surface area contributed by atoms with Gasteiger partial charge in [0.15, 0.2) is 0 Å². The van der Waals surface area contributed by atoms with Crippen molar-refractivity contribution in [3.63, 3.8) is 0 Å². The highest BCUT2D eigenvalue weighted by molar-refractivity contribution is 5.91. The molecule has 3 aromatic heterocycles. The second-order valence-corrected chi connectivity index (χ2v) is 5.85. The summed E-state index contributed by atoms with van der Waals surface area (Å²) in [5, 5.41) is 3.31. The van der Waals surface area contributed by atoms with Crippen LogP contribution in [0.5, 0.6) is 0 Å². The molecule has 0 amide bonds. The third-order valence-electron chi connectivity index (χ3n) is 4.38. The molecule has 0 fully saturated rings. The summed E-state index contributed by atoms with van der Waals surface area (Å²) in [6.45, 7) is 9.13. The number of H-pyrrole nitrogens is 1. The fourth-order valence-electron chi connectivity index (χ4n) is 3.02. The molecule has 22 heavy (non-hydrogen) atoms. The molecule has 0 atom stereocenters. The molecule has 3 aromatic rings. The Kier molecular flexibility index (Phi) is 2.79. The van der Waals surface area contributed by atoms with Gasteiger partial charge in [0.2, 0.25) is 0 Å². The second-order valence-electron chi connectivity index (χ2n) is 5.85. The number of nitrogens with zero attached hydrogens (tertiary/aromatic N) is 2. The van der Waals surface area contributed by atoms with Gasteiger partial charge in [-0.25, -0.2) is 0 Å². The van der Waals surface area contributed by atoms with Gasteiger partial charge in [-0.1, -0.05) is 6.58 Å². The number of rotatable bonds is 1. The smallest absolute Gasteiger partial charge is 0.0983 e. The Morgan fingerprint density at radius 2 is 2.05 bits per heavy atom. The fraction of sp³-hybridized carbons (Fsp3) is 0.222. The van der Waals surface area contributed by atoms with E-state index >= 15 is 0 Å². The van der Waals surface area contributed by atoms with E-state index in [1.54, 1.807) is 0 Å². The minimum atomic E-state index is 0.930. The van der Waals surface area contributed by atoms with E-state index < -0.39 is 0 Å². The van der Waals surface area contributed by atoms with Crippen LogP contribution in [0, 0.1) is 13.8 Å². The van der Waals surface area contributed by atoms with Crippen LogP contribution in [0.1, 0.15) is 22.5 Å². The molecule has 0 aliphatic carbocycles. The largest absolute Gasteiger partial charge is 0.385 e. The molecule has 0 saturated carbocycles. The van der Waals surface area contributed by atoms with Gasteiger partial charge < -0.3 is 10.3 Å². The normalized spacial score (nSPS) is 14.0. The number of hydrogen-bond acceptors (Lipinski definition) is 3. The van der Waals surface area contributed by atoms with E-state index in [2.05, 4.69) is 40.9 Å². The summed E-state index contributed by atoms with van der Waals surface area (Å²) in [7, 11) is 0. The molecule has 0 unspecified atom stereocenters. The van der Waals surface area contributed by atoms with E-state index in [0.717, 1.165) is 46.6 Å². The molecular weight excluding hydrogens is 272 g/mol. The van der Waals surface area contributed by atoms with Gasteiger partial charge in [-0.3, -0.25) is 9.97 Å². The van der Waals surface area contributed by atoms with Crippen LogP contribution in [0.4, 0.5) is 0 Å². The van der Waals surface area contributed by atoms with Crippen LogP contribution in [0.15, 0.2) is 31.0 Å². The lowest BCUT2D eigenvalue weighted by molar-refractivity contribution is 0.801. The maximum absolute atomic E-state index is 4.76. The Labute approximate surface area is 129 Å². The Morgan fingerprint density at radius 3 is 2.86 bits per heavy atom. The summed E-state index contributed by atoms with van der Waals surface area (Å²) in [4.78, 5) is 12.8. The molecule has 2 N–H and O–H groups in total. The molecule has 1 aliphatic heterocycles. The number of aromatic nitrogens is 3. The molecule has 4 rings (SSSR count). The lowest BCUT2D eigenvalue weighted by Crippen LogP contribution is -2.21. The zero-order chi connectivity index (χ0) is 15.3. The Morgan fingerprint density at radius 1 is 1.18 bits per heavy atom. The zero-order valence-corrected chi connectivity index (χ0v) is 12.8. The Bertz CT molecular complexity index is 905. The van der Waals surface area contributed by atoms with Crippen molar-refractivity contribution in [1.82, 2.24) is 20.3 Å². The van der Waals surface area contributed by atoms with Crippen molar-refractivity contribution in [3.05, 3.63) is 53.5 Å². The molecule has 110 valence electrons. The predicted octanol–water partition coefficient (Wildman–Crippen LogP) is 3.36. The lowest BCUT2D eigenvalue weighted by Gasteiger charge is -2.15. The van der Waals surface area contributed by atoms with Crippen molar-refractivity contribution in [3.8, 4) is 11.3 Å². The van der Waals surface area contributed by atoms with Crippen LogP contribution in [0.3, 0.4) is 0 Å². The molecule has 0 aromatic carbocycles. The van der Waals surface area contributed by atoms with Gasteiger partial charge in [-0.15, -0.1) is 0 Å². The van der Waals surface area contributed by atoms with Gasteiger partial charge in [0.1, 0.15) is 0 Å². The highest BCUT2D eigenvalue weighted by Crippen LogP contribution is 2.31. The first-order valence-corrected chi connectivity index (χ1v) is 7.52. The highest BCUT2D eigenvalue weighted by Gasteiger charge is 2.17. The van der Waals surface area contributed by atoms with Crippen LogP contribution in [0.2, 0.25) is 0 Å². The van der Waals surface area contributed by atoms with Crippen LogP contribution in [-0.4, -0.2) is 21.5 Å². The lowest BCUT2D eigenvalue weighted by atomic mass is 10.1. The summed E-state index contributed by atoms with van der Waals surface area (Å²) >= 11 is 0. The van der Waals surface area contributed by atoms with Crippen LogP contribution in [-0.2, 0) is 6.42 Å². The monoisotopic (exact) mass is 290 g/mol. The minimum absolute atomic E-state index is 0.930. The van der Waals surface area contributed by atoms with E-state index in [1.165, 1.54) is 16.8 Å². The predicted molar refractivity (Wildman–Crippen MR) is 89.5 cm³/mol. The van der Waals surface area contributed by atoms with Crippen LogP contribution >= 0.6 is 0 Å². The van der Waals surface area contributed by atoms with Gasteiger partial charge in [-0.05, 0) is 37.6 Å². The van der Waals surface area contributed by atoms with Crippen molar-refractivity contribution < 1.29 is 0 Å².